The van der Waals surface area contributed by atoms with Crippen LogP contribution < -0.4 is 25.1 Å². The molecule has 1 aromatic heterocycles. The number of hydrogen-bond donors (Lipinski definition) is 2. The zero-order valence-electron chi connectivity index (χ0n) is 14.3. The van der Waals surface area contributed by atoms with E-state index in [4.69, 9.17) is 18.7 Å². The van der Waals surface area contributed by atoms with Crippen molar-refractivity contribution in [2.24, 2.45) is 0 Å². The first-order valence-electron chi connectivity index (χ1n) is 8.37. The number of likely N-dealkylation sites (N-methyl/N-ethyl adjacent to an activating group) is 1. The minimum Gasteiger partial charge on any atom is -0.492 e. The molecule has 9 nitrogen and oxygen atoms in total. The van der Waals surface area contributed by atoms with E-state index in [0.717, 1.165) is 11.4 Å². The van der Waals surface area contributed by atoms with Crippen molar-refractivity contribution < 1.29 is 23.5 Å². The molecule has 3 heterocycles. The van der Waals surface area contributed by atoms with Crippen LogP contribution in [0.5, 0.6) is 17.2 Å². The summed E-state index contributed by atoms with van der Waals surface area (Å²) < 4.78 is 21.2. The van der Waals surface area contributed by atoms with Gasteiger partial charge in [-0.15, -0.1) is 0 Å². The normalized spacial score (nSPS) is 21.0. The second-order valence-corrected chi connectivity index (χ2v) is 6.29. The molecule has 1 saturated heterocycles. The fourth-order valence-corrected chi connectivity index (χ4v) is 2.96. The molecular formula is C17H20N4O5. The molecule has 0 saturated carbocycles. The molecule has 2 aromatic rings. The summed E-state index contributed by atoms with van der Waals surface area (Å²) in [6.45, 7) is 1.08. The minimum absolute atomic E-state index is 0.00826. The highest BCUT2D eigenvalue weighted by Gasteiger charge is 2.31. The number of aromatic nitrogens is 1. The molecule has 1 aromatic carbocycles. The number of ether oxygens (including phenoxy) is 3. The standard InChI is InChI=1S/C17H20N4O5/c1-21(8-11-4-5-26-20-11)17(22)14-6-12(18-19-14)9-23-13-2-3-15-16(7-13)25-10-24-15/h2-5,7,12,14,18-19H,6,8-10H2,1H3. The van der Waals surface area contributed by atoms with Gasteiger partial charge in [-0.25, -0.2) is 5.43 Å². The average molecular weight is 360 g/mol. The number of amides is 1. The number of carbonyl (C=O) groups is 1. The van der Waals surface area contributed by atoms with Gasteiger partial charge in [0.15, 0.2) is 11.5 Å². The molecule has 4 rings (SSSR count). The first-order valence-corrected chi connectivity index (χ1v) is 8.37. The SMILES string of the molecule is CN(Cc1ccon1)C(=O)C1CC(COc2ccc3c(c2)OCO3)NN1. The highest BCUT2D eigenvalue weighted by Crippen LogP contribution is 2.35. The third-order valence-electron chi connectivity index (χ3n) is 4.34. The molecule has 138 valence electrons. The van der Waals surface area contributed by atoms with E-state index in [2.05, 4.69) is 16.0 Å². The van der Waals surface area contributed by atoms with Gasteiger partial charge < -0.3 is 23.6 Å². The van der Waals surface area contributed by atoms with Gasteiger partial charge >= 0.3 is 0 Å². The molecule has 0 bridgehead atoms. The maximum atomic E-state index is 12.5. The van der Waals surface area contributed by atoms with Crippen LogP contribution in [-0.2, 0) is 11.3 Å². The van der Waals surface area contributed by atoms with Crippen LogP contribution in [0.1, 0.15) is 12.1 Å². The van der Waals surface area contributed by atoms with Crippen molar-refractivity contribution >= 4 is 5.91 Å². The third-order valence-corrected chi connectivity index (χ3v) is 4.34. The fraction of sp³-hybridized carbons (Fsp3) is 0.412. The topological polar surface area (TPSA) is 98.1 Å². The predicted molar refractivity (Wildman–Crippen MR) is 89.5 cm³/mol. The summed E-state index contributed by atoms with van der Waals surface area (Å²) in [4.78, 5) is 14.1. The molecule has 2 aliphatic heterocycles. The Morgan fingerprint density at radius 1 is 1.31 bits per heavy atom. The molecule has 0 spiro atoms. The van der Waals surface area contributed by atoms with Crippen molar-refractivity contribution in [3.63, 3.8) is 0 Å². The lowest BCUT2D eigenvalue weighted by atomic mass is 10.1. The van der Waals surface area contributed by atoms with E-state index in [-0.39, 0.29) is 24.8 Å². The van der Waals surface area contributed by atoms with E-state index in [0.29, 0.717) is 31.1 Å². The van der Waals surface area contributed by atoms with Crippen LogP contribution in [0, 0.1) is 0 Å². The summed E-state index contributed by atoms with van der Waals surface area (Å²) in [7, 11) is 1.75. The van der Waals surface area contributed by atoms with Crippen LogP contribution in [0.4, 0.5) is 0 Å². The number of benzene rings is 1. The zero-order valence-corrected chi connectivity index (χ0v) is 14.3. The highest BCUT2D eigenvalue weighted by atomic mass is 16.7. The molecule has 1 fully saturated rings. The number of rotatable bonds is 6. The summed E-state index contributed by atoms with van der Waals surface area (Å²) in [5.41, 5.74) is 6.86. The highest BCUT2D eigenvalue weighted by molar-refractivity contribution is 5.81. The van der Waals surface area contributed by atoms with E-state index in [1.54, 1.807) is 24.1 Å². The number of fused-ring (bicyclic) bond motifs is 1. The summed E-state index contributed by atoms with van der Waals surface area (Å²) in [6.07, 6.45) is 2.12. The minimum atomic E-state index is -0.308. The molecular weight excluding hydrogens is 340 g/mol. The fourth-order valence-electron chi connectivity index (χ4n) is 2.96. The maximum absolute atomic E-state index is 12.5. The van der Waals surface area contributed by atoms with E-state index in [1.165, 1.54) is 6.26 Å². The van der Waals surface area contributed by atoms with Gasteiger partial charge in [-0.05, 0) is 18.6 Å². The van der Waals surface area contributed by atoms with Crippen LogP contribution >= 0.6 is 0 Å². The maximum Gasteiger partial charge on any atom is 0.241 e. The zero-order chi connectivity index (χ0) is 17.9. The number of hydrazine groups is 1. The van der Waals surface area contributed by atoms with Crippen LogP contribution in [0.3, 0.4) is 0 Å². The summed E-state index contributed by atoms with van der Waals surface area (Å²) in [6, 6.07) is 6.92. The van der Waals surface area contributed by atoms with Crippen molar-refractivity contribution in [1.82, 2.24) is 20.9 Å². The van der Waals surface area contributed by atoms with Crippen molar-refractivity contribution in [1.29, 1.82) is 0 Å². The number of nitrogens with zero attached hydrogens (tertiary/aromatic N) is 2. The van der Waals surface area contributed by atoms with Gasteiger partial charge in [0.2, 0.25) is 12.7 Å². The molecule has 1 amide bonds. The van der Waals surface area contributed by atoms with E-state index < -0.39 is 0 Å². The Balaban J connectivity index is 1.26. The van der Waals surface area contributed by atoms with Crippen LogP contribution in [0.2, 0.25) is 0 Å². The van der Waals surface area contributed by atoms with Crippen LogP contribution in [0.25, 0.3) is 0 Å². The van der Waals surface area contributed by atoms with E-state index in [1.807, 2.05) is 12.1 Å². The van der Waals surface area contributed by atoms with Crippen molar-refractivity contribution in [2.75, 3.05) is 20.4 Å². The Labute approximate surface area is 150 Å². The first kappa shape index (κ1) is 16.7. The summed E-state index contributed by atoms with van der Waals surface area (Å²) >= 11 is 0. The monoisotopic (exact) mass is 360 g/mol. The van der Waals surface area contributed by atoms with Gasteiger partial charge in [0.25, 0.3) is 0 Å². The van der Waals surface area contributed by atoms with Gasteiger partial charge in [0.1, 0.15) is 30.4 Å². The molecule has 26 heavy (non-hydrogen) atoms. The van der Waals surface area contributed by atoms with Gasteiger partial charge in [0, 0.05) is 19.2 Å². The molecule has 2 N–H and O–H groups in total. The third kappa shape index (κ3) is 3.58. The van der Waals surface area contributed by atoms with Crippen molar-refractivity contribution in [2.45, 2.75) is 25.0 Å². The van der Waals surface area contributed by atoms with Crippen LogP contribution in [-0.4, -0.2) is 48.5 Å². The van der Waals surface area contributed by atoms with Gasteiger partial charge in [-0.1, -0.05) is 5.16 Å². The lowest BCUT2D eigenvalue weighted by Gasteiger charge is -2.19. The lowest BCUT2D eigenvalue weighted by molar-refractivity contribution is -0.132. The van der Waals surface area contributed by atoms with Gasteiger partial charge in [-0.3, -0.25) is 10.2 Å². The molecule has 9 heteroatoms. The first-order chi connectivity index (χ1) is 12.7. The largest absolute Gasteiger partial charge is 0.492 e. The molecule has 0 aliphatic carbocycles. The summed E-state index contributed by atoms with van der Waals surface area (Å²) in [5.74, 6) is 2.10. The van der Waals surface area contributed by atoms with E-state index in [9.17, 15) is 4.79 Å². The molecule has 2 unspecified atom stereocenters. The molecule has 2 atom stereocenters. The quantitative estimate of drug-likeness (QED) is 0.776. The summed E-state index contributed by atoms with van der Waals surface area (Å²) in [5, 5.41) is 3.82. The Morgan fingerprint density at radius 3 is 3.04 bits per heavy atom. The second kappa shape index (κ2) is 7.22. The van der Waals surface area contributed by atoms with Gasteiger partial charge in [-0.2, -0.15) is 0 Å². The average Bonchev–Trinajstić information content (AvgIpc) is 3.40. The van der Waals surface area contributed by atoms with Gasteiger partial charge in [0.05, 0.1) is 12.6 Å². The number of hydrogen-bond acceptors (Lipinski definition) is 8. The Hall–Kier alpha value is -2.78. The predicted octanol–water partition coefficient (Wildman–Crippen LogP) is 0.676. The molecule has 2 aliphatic rings. The second-order valence-electron chi connectivity index (χ2n) is 6.29. The van der Waals surface area contributed by atoms with Crippen LogP contribution in [0.15, 0.2) is 35.1 Å². The van der Waals surface area contributed by atoms with E-state index >= 15 is 0 Å². The number of nitrogens with one attached hydrogen (secondary N) is 2. The molecule has 0 radical (unpaired) electrons. The Kier molecular flexibility index (Phi) is 4.63. The van der Waals surface area contributed by atoms with Crippen molar-refractivity contribution in [3.8, 4) is 17.2 Å². The number of carbonyl (C=O) groups excluding carboxylic acids is 1. The smallest absolute Gasteiger partial charge is 0.241 e. The lowest BCUT2D eigenvalue weighted by Crippen LogP contribution is -2.44. The Morgan fingerprint density at radius 2 is 2.19 bits per heavy atom. The van der Waals surface area contributed by atoms with Crippen molar-refractivity contribution in [3.05, 3.63) is 36.2 Å². The Bertz CT molecular complexity index is 767.